The van der Waals surface area contributed by atoms with Crippen LogP contribution in [-0.4, -0.2) is 28.5 Å². The molecule has 1 aromatic heterocycles. The molecule has 0 saturated heterocycles. The Hall–Kier alpha value is -1.33. The number of carbonyl (C=O) groups is 2. The number of aromatic nitrogens is 1. The molecule has 1 heterocycles. The lowest BCUT2D eigenvalue weighted by atomic mass is 9.69. The molecule has 0 radical (unpaired) electrons. The van der Waals surface area contributed by atoms with Gasteiger partial charge in [0.05, 0.1) is 11.0 Å². The van der Waals surface area contributed by atoms with E-state index < -0.39 is 17.3 Å². The lowest BCUT2D eigenvalue weighted by Crippen LogP contribution is -2.47. The van der Waals surface area contributed by atoms with Crippen molar-refractivity contribution in [1.29, 1.82) is 0 Å². The molecule has 1 saturated carbocycles. The summed E-state index contributed by atoms with van der Waals surface area (Å²) in [6, 6.07) is 2.92. The maximum atomic E-state index is 11.9. The van der Waals surface area contributed by atoms with Gasteiger partial charge in [-0.25, -0.2) is 4.98 Å². The molecule has 2 N–H and O–H groups in total. The summed E-state index contributed by atoms with van der Waals surface area (Å²) in [6.45, 7) is 0.0973. The maximum absolute atomic E-state index is 11.9. The van der Waals surface area contributed by atoms with Gasteiger partial charge in [0.2, 0.25) is 0 Å². The summed E-state index contributed by atoms with van der Waals surface area (Å²) in [6.07, 6.45) is 2.02. The normalized spacial score (nSPS) is 16.5. The summed E-state index contributed by atoms with van der Waals surface area (Å²) >= 11 is 11.5. The van der Waals surface area contributed by atoms with Crippen LogP contribution >= 0.6 is 23.2 Å². The molecule has 1 aromatic rings. The van der Waals surface area contributed by atoms with Gasteiger partial charge in [0.25, 0.3) is 5.91 Å². The summed E-state index contributed by atoms with van der Waals surface area (Å²) in [5.74, 6) is -1.32. The average Bonchev–Trinajstić information content (AvgIpc) is 2.26. The Labute approximate surface area is 119 Å². The van der Waals surface area contributed by atoms with Gasteiger partial charge in [-0.15, -0.1) is 0 Å². The molecule has 7 heteroatoms. The van der Waals surface area contributed by atoms with Crippen molar-refractivity contribution < 1.29 is 14.7 Å². The van der Waals surface area contributed by atoms with Crippen molar-refractivity contribution in [2.24, 2.45) is 5.41 Å². The lowest BCUT2D eigenvalue weighted by Gasteiger charge is -2.37. The number of hydrogen-bond acceptors (Lipinski definition) is 3. The van der Waals surface area contributed by atoms with E-state index in [1.807, 2.05) is 0 Å². The van der Waals surface area contributed by atoms with Crippen molar-refractivity contribution in [3.05, 3.63) is 28.0 Å². The fraction of sp³-hybridized carbons (Fsp3) is 0.417. The molecule has 0 aromatic carbocycles. The van der Waals surface area contributed by atoms with E-state index in [2.05, 4.69) is 10.3 Å². The molecule has 0 atom stereocenters. The number of halogens is 2. The van der Waals surface area contributed by atoms with Crippen molar-refractivity contribution in [1.82, 2.24) is 10.3 Å². The van der Waals surface area contributed by atoms with E-state index in [1.54, 1.807) is 0 Å². The van der Waals surface area contributed by atoms with Gasteiger partial charge >= 0.3 is 5.97 Å². The highest BCUT2D eigenvalue weighted by atomic mass is 35.5. The number of amides is 1. The fourth-order valence-corrected chi connectivity index (χ4v) is 2.43. The molecular formula is C12H12Cl2N2O3. The zero-order valence-corrected chi connectivity index (χ0v) is 11.5. The Bertz CT molecular complexity index is 530. The topological polar surface area (TPSA) is 79.3 Å². The van der Waals surface area contributed by atoms with Crippen molar-refractivity contribution >= 4 is 35.1 Å². The van der Waals surface area contributed by atoms with Crippen molar-refractivity contribution in [3.8, 4) is 0 Å². The van der Waals surface area contributed by atoms with E-state index in [4.69, 9.17) is 28.3 Å². The summed E-state index contributed by atoms with van der Waals surface area (Å²) in [4.78, 5) is 26.8. The second kappa shape index (κ2) is 5.35. The quantitative estimate of drug-likeness (QED) is 0.837. The SMILES string of the molecule is O=C(NCC1(C(=O)O)CCC1)c1ccc(Cl)nc1Cl. The van der Waals surface area contributed by atoms with Crippen LogP contribution in [0.4, 0.5) is 0 Å². The monoisotopic (exact) mass is 302 g/mol. The zero-order valence-electron chi connectivity index (χ0n) is 9.95. The molecule has 1 aliphatic rings. The van der Waals surface area contributed by atoms with Crippen molar-refractivity contribution in [3.63, 3.8) is 0 Å². The summed E-state index contributed by atoms with van der Waals surface area (Å²) in [5, 5.41) is 11.9. The third-order valence-electron chi connectivity index (χ3n) is 3.41. The Morgan fingerprint density at radius 2 is 2.05 bits per heavy atom. The molecule has 1 aliphatic carbocycles. The van der Waals surface area contributed by atoms with Gasteiger partial charge in [-0.2, -0.15) is 0 Å². The number of carboxylic acids is 1. The molecule has 19 heavy (non-hydrogen) atoms. The molecule has 0 aliphatic heterocycles. The first-order chi connectivity index (χ1) is 8.94. The summed E-state index contributed by atoms with van der Waals surface area (Å²) in [7, 11) is 0. The lowest BCUT2D eigenvalue weighted by molar-refractivity contribution is -0.153. The van der Waals surface area contributed by atoms with Gasteiger partial charge in [0, 0.05) is 6.54 Å². The number of nitrogens with one attached hydrogen (secondary N) is 1. The molecule has 0 spiro atoms. The Balaban J connectivity index is 2.03. The molecule has 102 valence electrons. The van der Waals surface area contributed by atoms with Gasteiger partial charge in [-0.3, -0.25) is 9.59 Å². The molecule has 1 amide bonds. The first-order valence-electron chi connectivity index (χ1n) is 5.78. The van der Waals surface area contributed by atoms with Crippen LogP contribution in [0.15, 0.2) is 12.1 Å². The molecule has 5 nitrogen and oxygen atoms in total. The van der Waals surface area contributed by atoms with Gasteiger partial charge in [0.1, 0.15) is 10.3 Å². The van der Waals surface area contributed by atoms with Gasteiger partial charge < -0.3 is 10.4 Å². The molecule has 1 fully saturated rings. The van der Waals surface area contributed by atoms with Crippen LogP contribution in [0.25, 0.3) is 0 Å². The number of pyridine rings is 1. The van der Waals surface area contributed by atoms with Crippen LogP contribution in [0.2, 0.25) is 10.3 Å². The highest BCUT2D eigenvalue weighted by Crippen LogP contribution is 2.40. The number of carbonyl (C=O) groups excluding carboxylic acids is 1. The predicted octanol–water partition coefficient (Wildman–Crippen LogP) is 2.37. The molecular weight excluding hydrogens is 291 g/mol. The predicted molar refractivity (Wildman–Crippen MR) is 70.5 cm³/mol. The first-order valence-corrected chi connectivity index (χ1v) is 6.54. The second-order valence-electron chi connectivity index (χ2n) is 4.59. The molecule has 0 unspecified atom stereocenters. The zero-order chi connectivity index (χ0) is 14.0. The number of nitrogens with zero attached hydrogens (tertiary/aromatic N) is 1. The minimum atomic E-state index is -0.876. The Kier molecular flexibility index (Phi) is 3.96. The summed E-state index contributed by atoms with van der Waals surface area (Å²) in [5.41, 5.74) is -0.645. The Morgan fingerprint density at radius 1 is 1.37 bits per heavy atom. The summed E-state index contributed by atoms with van der Waals surface area (Å²) < 4.78 is 0. The minimum Gasteiger partial charge on any atom is -0.481 e. The minimum absolute atomic E-state index is 0.00276. The molecule has 0 bridgehead atoms. The van der Waals surface area contributed by atoms with E-state index in [1.165, 1.54) is 12.1 Å². The average molecular weight is 303 g/mol. The van der Waals surface area contributed by atoms with E-state index in [0.29, 0.717) is 12.8 Å². The smallest absolute Gasteiger partial charge is 0.311 e. The van der Waals surface area contributed by atoms with E-state index in [0.717, 1.165) is 6.42 Å². The van der Waals surface area contributed by atoms with Gasteiger partial charge in [0.15, 0.2) is 0 Å². The number of aliphatic carboxylic acids is 1. The van der Waals surface area contributed by atoms with Crippen LogP contribution < -0.4 is 5.32 Å². The molecule has 2 rings (SSSR count). The standard InChI is InChI=1S/C12H12Cl2N2O3/c13-8-3-2-7(9(14)16-8)10(17)15-6-12(11(18)19)4-1-5-12/h2-3H,1,4-6H2,(H,15,17)(H,18,19). The fourth-order valence-electron chi connectivity index (χ4n) is 2.00. The van der Waals surface area contributed by atoms with Crippen molar-refractivity contribution in [2.75, 3.05) is 6.54 Å². The van der Waals surface area contributed by atoms with Crippen LogP contribution in [0.5, 0.6) is 0 Å². The second-order valence-corrected chi connectivity index (χ2v) is 5.34. The van der Waals surface area contributed by atoms with Crippen LogP contribution in [0.3, 0.4) is 0 Å². The van der Waals surface area contributed by atoms with Crippen molar-refractivity contribution in [2.45, 2.75) is 19.3 Å². The van der Waals surface area contributed by atoms with Crippen LogP contribution in [-0.2, 0) is 4.79 Å². The van der Waals surface area contributed by atoms with Gasteiger partial charge in [-0.05, 0) is 25.0 Å². The highest BCUT2D eigenvalue weighted by Gasteiger charge is 2.44. The third kappa shape index (κ3) is 2.82. The van der Waals surface area contributed by atoms with Crippen LogP contribution in [0, 0.1) is 5.41 Å². The largest absolute Gasteiger partial charge is 0.481 e. The Morgan fingerprint density at radius 3 is 2.53 bits per heavy atom. The number of hydrogen-bond donors (Lipinski definition) is 2. The van der Waals surface area contributed by atoms with Gasteiger partial charge in [-0.1, -0.05) is 29.6 Å². The van der Waals surface area contributed by atoms with E-state index in [9.17, 15) is 9.59 Å². The number of rotatable bonds is 4. The first kappa shape index (κ1) is 14.1. The maximum Gasteiger partial charge on any atom is 0.311 e. The van der Waals surface area contributed by atoms with E-state index >= 15 is 0 Å². The third-order valence-corrected chi connectivity index (χ3v) is 3.91. The highest BCUT2D eigenvalue weighted by molar-refractivity contribution is 6.34. The van der Waals surface area contributed by atoms with Crippen LogP contribution in [0.1, 0.15) is 29.6 Å². The van der Waals surface area contributed by atoms with E-state index in [-0.39, 0.29) is 22.4 Å². The number of carboxylic acid groups (broad SMARTS) is 1.